The zero-order valence-corrected chi connectivity index (χ0v) is 22.5. The molecular formula is C32H34F6O. The minimum absolute atomic E-state index is 0.0966. The highest BCUT2D eigenvalue weighted by molar-refractivity contribution is 5.64. The number of ether oxygens (including phenoxy) is 1. The minimum Gasteiger partial charge on any atom is -0.428 e. The van der Waals surface area contributed by atoms with Gasteiger partial charge in [-0.1, -0.05) is 56.9 Å². The van der Waals surface area contributed by atoms with Crippen molar-refractivity contribution in [1.82, 2.24) is 0 Å². The van der Waals surface area contributed by atoms with Crippen LogP contribution < -0.4 is 4.74 Å². The summed E-state index contributed by atoms with van der Waals surface area (Å²) in [4.78, 5) is 0. The Kier molecular flexibility index (Phi) is 8.97. The van der Waals surface area contributed by atoms with Gasteiger partial charge in [0.25, 0.3) is 0 Å². The largest absolute Gasteiger partial charge is 0.432 e. The van der Waals surface area contributed by atoms with Gasteiger partial charge in [-0.05, 0) is 80.2 Å². The first-order valence-corrected chi connectivity index (χ1v) is 13.6. The fraction of sp³-hybridized carbons (Fsp3) is 0.438. The predicted octanol–water partition coefficient (Wildman–Crippen LogP) is 10.5. The fourth-order valence-electron chi connectivity index (χ4n) is 5.55. The molecule has 0 N–H and O–H groups in total. The summed E-state index contributed by atoms with van der Waals surface area (Å²) in [5.74, 6) is -4.84. The van der Waals surface area contributed by atoms with Gasteiger partial charge in [-0.3, -0.25) is 0 Å². The summed E-state index contributed by atoms with van der Waals surface area (Å²) < 4.78 is 92.0. The van der Waals surface area contributed by atoms with E-state index in [4.69, 9.17) is 0 Å². The number of unbranched alkanes of at least 4 members (excludes halogenated alkanes) is 2. The van der Waals surface area contributed by atoms with Gasteiger partial charge in [-0.15, -0.1) is 0 Å². The number of alkyl halides is 2. The van der Waals surface area contributed by atoms with Gasteiger partial charge in [0, 0.05) is 17.2 Å². The maximum absolute atomic E-state index is 14.9. The Balaban J connectivity index is 1.49. The van der Waals surface area contributed by atoms with Gasteiger partial charge in [-0.2, -0.15) is 8.78 Å². The molecule has 1 nitrogen and oxygen atoms in total. The summed E-state index contributed by atoms with van der Waals surface area (Å²) in [7, 11) is 0. The molecule has 0 aliphatic heterocycles. The topological polar surface area (TPSA) is 9.23 Å². The number of hydrogen-bond donors (Lipinski definition) is 0. The minimum atomic E-state index is -4.51. The maximum atomic E-state index is 14.9. The molecule has 0 unspecified atom stereocenters. The van der Waals surface area contributed by atoms with Gasteiger partial charge >= 0.3 is 6.11 Å². The van der Waals surface area contributed by atoms with Crippen molar-refractivity contribution in [2.45, 2.75) is 84.2 Å². The highest BCUT2D eigenvalue weighted by Gasteiger charge is 2.42. The molecule has 0 atom stereocenters. The van der Waals surface area contributed by atoms with E-state index in [9.17, 15) is 26.3 Å². The summed E-state index contributed by atoms with van der Waals surface area (Å²) >= 11 is 0. The Morgan fingerprint density at radius 3 is 1.97 bits per heavy atom. The van der Waals surface area contributed by atoms with Crippen molar-refractivity contribution in [3.05, 3.63) is 88.0 Å². The van der Waals surface area contributed by atoms with E-state index in [2.05, 4.69) is 11.7 Å². The van der Waals surface area contributed by atoms with Crippen molar-refractivity contribution in [2.24, 2.45) is 5.92 Å². The van der Waals surface area contributed by atoms with Gasteiger partial charge in [0.15, 0.2) is 0 Å². The Morgan fingerprint density at radius 1 is 0.769 bits per heavy atom. The van der Waals surface area contributed by atoms with Gasteiger partial charge in [0.2, 0.25) is 0 Å². The van der Waals surface area contributed by atoms with Crippen LogP contribution in [0.1, 0.15) is 86.5 Å². The highest BCUT2D eigenvalue weighted by atomic mass is 19.3. The molecule has 1 fully saturated rings. The Hall–Kier alpha value is -2.96. The molecule has 3 aromatic carbocycles. The summed E-state index contributed by atoms with van der Waals surface area (Å²) in [5, 5.41) is 0. The van der Waals surface area contributed by atoms with Crippen LogP contribution in [0.5, 0.6) is 5.75 Å². The van der Waals surface area contributed by atoms with E-state index in [0.717, 1.165) is 50.3 Å². The molecule has 1 aliphatic rings. The molecule has 39 heavy (non-hydrogen) atoms. The second-order valence-corrected chi connectivity index (χ2v) is 10.7. The lowest BCUT2D eigenvalue weighted by atomic mass is 9.77. The quantitative estimate of drug-likeness (QED) is 0.191. The first kappa shape index (κ1) is 29.0. The van der Waals surface area contributed by atoms with E-state index in [1.54, 1.807) is 12.1 Å². The normalized spacial score (nSPS) is 17.9. The molecule has 1 saturated carbocycles. The molecule has 0 bridgehead atoms. The number of rotatable bonds is 9. The van der Waals surface area contributed by atoms with Crippen LogP contribution in [0.15, 0.2) is 42.5 Å². The molecule has 0 saturated heterocycles. The molecule has 3 aromatic rings. The van der Waals surface area contributed by atoms with Crippen LogP contribution in [0.2, 0.25) is 0 Å². The lowest BCUT2D eigenvalue weighted by molar-refractivity contribution is -0.190. The monoisotopic (exact) mass is 548 g/mol. The zero-order chi connectivity index (χ0) is 28.3. The van der Waals surface area contributed by atoms with Gasteiger partial charge < -0.3 is 4.74 Å². The summed E-state index contributed by atoms with van der Waals surface area (Å²) in [6.45, 7) is 4.47. The summed E-state index contributed by atoms with van der Waals surface area (Å²) in [6, 6.07) is 9.56. The third-order valence-corrected chi connectivity index (χ3v) is 7.99. The van der Waals surface area contributed by atoms with Gasteiger partial charge in [-0.25, -0.2) is 17.6 Å². The van der Waals surface area contributed by atoms with Crippen molar-refractivity contribution < 1.29 is 31.1 Å². The molecule has 7 heteroatoms. The van der Waals surface area contributed by atoms with Crippen LogP contribution in [0.4, 0.5) is 26.3 Å². The smallest absolute Gasteiger partial charge is 0.428 e. The second kappa shape index (κ2) is 12.1. The lowest BCUT2D eigenvalue weighted by Crippen LogP contribution is -2.26. The number of benzene rings is 3. The Labute approximate surface area is 226 Å². The summed E-state index contributed by atoms with van der Waals surface area (Å²) in [6.07, 6.45) is 5.18. The van der Waals surface area contributed by atoms with E-state index in [0.29, 0.717) is 17.5 Å². The number of hydrogen-bond acceptors (Lipinski definition) is 1. The summed E-state index contributed by atoms with van der Waals surface area (Å²) in [5.41, 5.74) is -0.643. The Bertz CT molecular complexity index is 1270. The van der Waals surface area contributed by atoms with Crippen LogP contribution in [0.25, 0.3) is 11.1 Å². The predicted molar refractivity (Wildman–Crippen MR) is 141 cm³/mol. The number of halogens is 6. The van der Waals surface area contributed by atoms with Crippen molar-refractivity contribution in [3.63, 3.8) is 0 Å². The van der Waals surface area contributed by atoms with Gasteiger partial charge in [0.05, 0.1) is 0 Å². The van der Waals surface area contributed by atoms with E-state index < -0.39 is 46.3 Å². The third-order valence-electron chi connectivity index (χ3n) is 7.99. The Morgan fingerprint density at radius 2 is 1.38 bits per heavy atom. The van der Waals surface area contributed by atoms with Crippen LogP contribution in [0, 0.1) is 43.0 Å². The van der Waals surface area contributed by atoms with Crippen LogP contribution in [-0.4, -0.2) is 0 Å². The van der Waals surface area contributed by atoms with Crippen molar-refractivity contribution >= 4 is 0 Å². The average Bonchev–Trinajstić information content (AvgIpc) is 2.90. The second-order valence-electron chi connectivity index (χ2n) is 10.7. The fourth-order valence-corrected chi connectivity index (χ4v) is 5.55. The molecule has 0 heterocycles. The van der Waals surface area contributed by atoms with Crippen molar-refractivity contribution in [3.8, 4) is 16.9 Å². The molecule has 210 valence electrons. The molecule has 0 spiro atoms. The third kappa shape index (κ3) is 6.44. The molecule has 0 amide bonds. The van der Waals surface area contributed by atoms with E-state index in [1.165, 1.54) is 38.5 Å². The lowest BCUT2D eigenvalue weighted by Gasteiger charge is -2.29. The van der Waals surface area contributed by atoms with E-state index >= 15 is 0 Å². The zero-order valence-electron chi connectivity index (χ0n) is 22.5. The van der Waals surface area contributed by atoms with Crippen molar-refractivity contribution in [1.29, 1.82) is 0 Å². The molecule has 0 radical (unpaired) electrons. The molecule has 1 aliphatic carbocycles. The van der Waals surface area contributed by atoms with Crippen LogP contribution in [-0.2, 0) is 6.11 Å². The molecule has 0 aromatic heterocycles. The van der Waals surface area contributed by atoms with Crippen LogP contribution >= 0.6 is 0 Å². The molecular weight excluding hydrogens is 514 g/mol. The highest BCUT2D eigenvalue weighted by Crippen LogP contribution is 2.40. The first-order chi connectivity index (χ1) is 18.5. The standard InChI is InChI=1S/C32H34F6O/c1-4-5-6-7-21-8-10-22(11-9-21)23-12-14-24(15-13-23)25-16-27(34)30(28(35)17-25)32(37,38)39-29-18-26(33)19(2)31(36)20(29)3/h12-18,21-22H,4-11H2,1-3H3. The van der Waals surface area contributed by atoms with E-state index in [1.807, 2.05) is 12.1 Å². The SMILES string of the molecule is CCCCCC1CCC(c2ccc(-c3cc(F)c(C(F)(F)Oc4cc(F)c(C)c(F)c4C)c(F)c3)cc2)CC1. The van der Waals surface area contributed by atoms with E-state index in [-0.39, 0.29) is 11.1 Å². The van der Waals surface area contributed by atoms with Crippen LogP contribution in [0.3, 0.4) is 0 Å². The average molecular weight is 549 g/mol. The maximum Gasteiger partial charge on any atom is 0.432 e. The molecule has 4 rings (SSSR count). The van der Waals surface area contributed by atoms with Gasteiger partial charge in [0.1, 0.15) is 34.6 Å². The van der Waals surface area contributed by atoms with Crippen molar-refractivity contribution in [2.75, 3.05) is 0 Å². The first-order valence-electron chi connectivity index (χ1n) is 13.6.